The molecule has 3 aliphatic rings. The molecule has 2 saturated heterocycles. The molecule has 0 aromatic carbocycles. The molecular formula is C14H25N3O. The lowest BCUT2D eigenvalue weighted by molar-refractivity contribution is -0.136. The summed E-state index contributed by atoms with van der Waals surface area (Å²) < 4.78 is 0. The van der Waals surface area contributed by atoms with Gasteiger partial charge < -0.3 is 10.2 Å². The number of carbonyl (C=O) groups is 1. The highest BCUT2D eigenvalue weighted by Crippen LogP contribution is 2.38. The van der Waals surface area contributed by atoms with Crippen molar-refractivity contribution in [2.24, 2.45) is 11.8 Å². The van der Waals surface area contributed by atoms with Crippen LogP contribution in [0.2, 0.25) is 0 Å². The van der Waals surface area contributed by atoms with Gasteiger partial charge in [-0.2, -0.15) is 0 Å². The van der Waals surface area contributed by atoms with Crippen LogP contribution in [-0.4, -0.2) is 61.0 Å². The normalized spacial score (nSPS) is 34.6. The molecule has 3 atom stereocenters. The van der Waals surface area contributed by atoms with Crippen molar-refractivity contribution in [2.75, 3.05) is 39.3 Å². The van der Waals surface area contributed by atoms with Crippen LogP contribution in [0, 0.1) is 11.8 Å². The number of rotatable bonds is 2. The first-order valence-corrected chi connectivity index (χ1v) is 7.49. The molecule has 102 valence electrons. The predicted molar refractivity (Wildman–Crippen MR) is 71.3 cm³/mol. The van der Waals surface area contributed by atoms with Crippen LogP contribution in [0.25, 0.3) is 0 Å². The van der Waals surface area contributed by atoms with Crippen LogP contribution in [0.1, 0.15) is 26.2 Å². The fourth-order valence-corrected chi connectivity index (χ4v) is 3.89. The van der Waals surface area contributed by atoms with E-state index in [-0.39, 0.29) is 6.04 Å². The molecule has 2 aliphatic heterocycles. The summed E-state index contributed by atoms with van der Waals surface area (Å²) in [5, 5.41) is 3.30. The molecule has 2 heterocycles. The number of nitrogens with zero attached hydrogens (tertiary/aromatic N) is 2. The summed E-state index contributed by atoms with van der Waals surface area (Å²) in [4.78, 5) is 16.9. The molecular weight excluding hydrogens is 226 g/mol. The molecule has 18 heavy (non-hydrogen) atoms. The zero-order valence-electron chi connectivity index (χ0n) is 11.4. The van der Waals surface area contributed by atoms with Gasteiger partial charge in [0.2, 0.25) is 5.91 Å². The van der Waals surface area contributed by atoms with E-state index in [9.17, 15) is 4.79 Å². The molecule has 4 nitrogen and oxygen atoms in total. The Kier molecular flexibility index (Phi) is 3.57. The van der Waals surface area contributed by atoms with Crippen molar-refractivity contribution in [3.05, 3.63) is 0 Å². The monoisotopic (exact) mass is 251 g/mol. The van der Waals surface area contributed by atoms with E-state index in [4.69, 9.17) is 0 Å². The topological polar surface area (TPSA) is 35.6 Å². The average molecular weight is 251 g/mol. The van der Waals surface area contributed by atoms with E-state index >= 15 is 0 Å². The number of amides is 1. The third kappa shape index (κ3) is 2.28. The second-order valence-electron chi connectivity index (χ2n) is 6.16. The SMILES string of the molecule is CC(C(=O)N1CCNCC1)N1CC2CCCC2C1. The van der Waals surface area contributed by atoms with Crippen molar-refractivity contribution in [2.45, 2.75) is 32.2 Å². The van der Waals surface area contributed by atoms with Gasteiger partial charge in [-0.25, -0.2) is 0 Å². The second kappa shape index (κ2) is 5.17. The molecule has 4 heteroatoms. The van der Waals surface area contributed by atoms with E-state index in [1.807, 2.05) is 4.90 Å². The molecule has 0 bridgehead atoms. The van der Waals surface area contributed by atoms with Crippen LogP contribution in [-0.2, 0) is 4.79 Å². The molecule has 3 fully saturated rings. The maximum atomic E-state index is 12.5. The lowest BCUT2D eigenvalue weighted by atomic mass is 10.0. The van der Waals surface area contributed by atoms with E-state index < -0.39 is 0 Å². The van der Waals surface area contributed by atoms with Crippen LogP contribution >= 0.6 is 0 Å². The molecule has 3 rings (SSSR count). The Morgan fingerprint density at radius 3 is 2.39 bits per heavy atom. The van der Waals surface area contributed by atoms with E-state index in [2.05, 4.69) is 17.1 Å². The van der Waals surface area contributed by atoms with Crippen molar-refractivity contribution >= 4 is 5.91 Å². The summed E-state index contributed by atoms with van der Waals surface area (Å²) in [5.74, 6) is 2.10. The maximum Gasteiger partial charge on any atom is 0.239 e. The Balaban J connectivity index is 1.57. The van der Waals surface area contributed by atoms with Gasteiger partial charge in [0, 0.05) is 39.3 Å². The first-order chi connectivity index (χ1) is 8.75. The van der Waals surface area contributed by atoms with Crippen LogP contribution in [0.4, 0.5) is 0 Å². The number of piperazine rings is 1. The van der Waals surface area contributed by atoms with E-state index in [0.717, 1.165) is 51.1 Å². The van der Waals surface area contributed by atoms with Crippen LogP contribution in [0.5, 0.6) is 0 Å². The van der Waals surface area contributed by atoms with Gasteiger partial charge in [0.15, 0.2) is 0 Å². The van der Waals surface area contributed by atoms with Gasteiger partial charge in [0.05, 0.1) is 6.04 Å². The smallest absolute Gasteiger partial charge is 0.239 e. The Hall–Kier alpha value is -0.610. The summed E-state index contributed by atoms with van der Waals surface area (Å²) in [6, 6.07) is 0.0914. The van der Waals surface area contributed by atoms with Crippen molar-refractivity contribution in [1.82, 2.24) is 15.1 Å². The van der Waals surface area contributed by atoms with Gasteiger partial charge in [-0.1, -0.05) is 6.42 Å². The maximum absolute atomic E-state index is 12.5. The van der Waals surface area contributed by atoms with Gasteiger partial charge in [-0.15, -0.1) is 0 Å². The minimum absolute atomic E-state index is 0.0914. The first kappa shape index (κ1) is 12.4. The molecule has 1 amide bonds. The molecule has 1 aliphatic carbocycles. The first-order valence-electron chi connectivity index (χ1n) is 7.49. The van der Waals surface area contributed by atoms with Gasteiger partial charge >= 0.3 is 0 Å². The average Bonchev–Trinajstić information content (AvgIpc) is 2.99. The number of nitrogens with one attached hydrogen (secondary N) is 1. The van der Waals surface area contributed by atoms with Crippen molar-refractivity contribution in [3.63, 3.8) is 0 Å². The summed E-state index contributed by atoms with van der Waals surface area (Å²) in [6.45, 7) is 8.07. The number of hydrogen-bond acceptors (Lipinski definition) is 3. The number of fused-ring (bicyclic) bond motifs is 1. The largest absolute Gasteiger partial charge is 0.339 e. The molecule has 0 aromatic heterocycles. The highest BCUT2D eigenvalue weighted by molar-refractivity contribution is 5.81. The lowest BCUT2D eigenvalue weighted by Gasteiger charge is -2.33. The van der Waals surface area contributed by atoms with E-state index in [1.54, 1.807) is 0 Å². The highest BCUT2D eigenvalue weighted by atomic mass is 16.2. The summed E-state index contributed by atoms with van der Waals surface area (Å²) in [7, 11) is 0. The zero-order valence-corrected chi connectivity index (χ0v) is 11.4. The van der Waals surface area contributed by atoms with Crippen molar-refractivity contribution < 1.29 is 4.79 Å². The predicted octanol–water partition coefficient (Wildman–Crippen LogP) is 0.539. The second-order valence-corrected chi connectivity index (χ2v) is 6.16. The minimum Gasteiger partial charge on any atom is -0.339 e. The molecule has 1 saturated carbocycles. The zero-order chi connectivity index (χ0) is 12.5. The third-order valence-electron chi connectivity index (χ3n) is 5.09. The molecule has 0 radical (unpaired) electrons. The van der Waals surface area contributed by atoms with Gasteiger partial charge in [0.1, 0.15) is 0 Å². The molecule has 3 unspecified atom stereocenters. The number of likely N-dealkylation sites (tertiary alicyclic amines) is 1. The Morgan fingerprint density at radius 1 is 1.17 bits per heavy atom. The number of hydrogen-bond donors (Lipinski definition) is 1. The molecule has 1 N–H and O–H groups in total. The Labute approximate surface area is 110 Å². The van der Waals surface area contributed by atoms with Crippen molar-refractivity contribution in [1.29, 1.82) is 0 Å². The van der Waals surface area contributed by atoms with Gasteiger partial charge in [0.25, 0.3) is 0 Å². The number of carbonyl (C=O) groups excluding carboxylic acids is 1. The van der Waals surface area contributed by atoms with E-state index in [0.29, 0.717) is 5.91 Å². The fourth-order valence-electron chi connectivity index (χ4n) is 3.89. The highest BCUT2D eigenvalue weighted by Gasteiger charge is 2.39. The Bertz CT molecular complexity index is 302. The summed E-state index contributed by atoms with van der Waals surface area (Å²) >= 11 is 0. The molecule has 0 aromatic rings. The summed E-state index contributed by atoms with van der Waals surface area (Å²) in [5.41, 5.74) is 0. The summed E-state index contributed by atoms with van der Waals surface area (Å²) in [6.07, 6.45) is 4.18. The quantitative estimate of drug-likeness (QED) is 0.778. The standard InChI is InChI=1S/C14H25N3O/c1-11(14(18)16-7-5-15-6-8-16)17-9-12-3-2-4-13(12)10-17/h11-13,15H,2-10H2,1H3. The van der Waals surface area contributed by atoms with Crippen LogP contribution < -0.4 is 5.32 Å². The minimum atomic E-state index is 0.0914. The Morgan fingerprint density at radius 2 is 1.78 bits per heavy atom. The van der Waals surface area contributed by atoms with Gasteiger partial charge in [-0.05, 0) is 31.6 Å². The third-order valence-corrected chi connectivity index (χ3v) is 5.09. The van der Waals surface area contributed by atoms with Crippen LogP contribution in [0.3, 0.4) is 0 Å². The van der Waals surface area contributed by atoms with Crippen molar-refractivity contribution in [3.8, 4) is 0 Å². The lowest BCUT2D eigenvalue weighted by Crippen LogP contribution is -2.52. The van der Waals surface area contributed by atoms with Crippen LogP contribution in [0.15, 0.2) is 0 Å². The van der Waals surface area contributed by atoms with E-state index in [1.165, 1.54) is 19.3 Å². The molecule has 0 spiro atoms. The van der Waals surface area contributed by atoms with Gasteiger partial charge in [-0.3, -0.25) is 9.69 Å². The fraction of sp³-hybridized carbons (Fsp3) is 0.929.